The second kappa shape index (κ2) is 4.28. The monoisotopic (exact) mass is 257 g/mol. The zero-order chi connectivity index (χ0) is 12.7. The number of nitrogens with one attached hydrogen (secondary N) is 1. The molecule has 0 radical (unpaired) electrons. The molecular formula is C14H15N3S. The molecule has 0 fully saturated rings. The van der Waals surface area contributed by atoms with Crippen molar-refractivity contribution in [3.8, 4) is 0 Å². The molecule has 0 saturated heterocycles. The molecule has 3 aliphatic rings. The molecule has 1 aliphatic heterocycles. The van der Waals surface area contributed by atoms with Gasteiger partial charge in [-0.2, -0.15) is 0 Å². The third kappa shape index (κ3) is 1.97. The maximum Gasteiger partial charge on any atom is 0.0849 e. The van der Waals surface area contributed by atoms with Gasteiger partial charge < -0.3 is 10.3 Å². The summed E-state index contributed by atoms with van der Waals surface area (Å²) in [6, 6.07) is 0.225. The Hall–Kier alpha value is -1.55. The van der Waals surface area contributed by atoms with E-state index in [1.54, 1.807) is 6.08 Å². The van der Waals surface area contributed by atoms with Gasteiger partial charge in [0.25, 0.3) is 0 Å². The van der Waals surface area contributed by atoms with Crippen LogP contribution in [-0.4, -0.2) is 41.7 Å². The largest absolute Gasteiger partial charge is 0.378 e. The van der Waals surface area contributed by atoms with Crippen LogP contribution < -0.4 is 0 Å². The third-order valence-corrected chi connectivity index (χ3v) is 4.43. The maximum atomic E-state index is 7.68. The first-order chi connectivity index (χ1) is 8.63. The van der Waals surface area contributed by atoms with E-state index in [2.05, 4.69) is 37.2 Å². The fourth-order valence-corrected chi connectivity index (χ4v) is 3.40. The van der Waals surface area contributed by atoms with Crippen LogP contribution in [0.5, 0.6) is 0 Å². The first-order valence-corrected chi connectivity index (χ1v) is 6.82. The van der Waals surface area contributed by atoms with Gasteiger partial charge in [-0.1, -0.05) is 6.08 Å². The summed E-state index contributed by atoms with van der Waals surface area (Å²) in [6.45, 7) is 0. The summed E-state index contributed by atoms with van der Waals surface area (Å²) in [5, 5.41) is 8.03. The Labute approximate surface area is 111 Å². The summed E-state index contributed by atoms with van der Waals surface area (Å²) in [7, 11) is 4.11. The highest BCUT2D eigenvalue weighted by Crippen LogP contribution is 2.37. The topological polar surface area (TPSA) is 39.5 Å². The van der Waals surface area contributed by atoms with Gasteiger partial charge in [-0.25, -0.2) is 0 Å². The van der Waals surface area contributed by atoms with Crippen LogP contribution in [-0.2, 0) is 0 Å². The lowest BCUT2D eigenvalue weighted by atomic mass is 10.0. The maximum absolute atomic E-state index is 7.68. The normalized spacial score (nSPS) is 29.0. The third-order valence-electron chi connectivity index (χ3n) is 3.16. The average Bonchev–Trinajstić information content (AvgIpc) is 2.35. The van der Waals surface area contributed by atoms with Crippen molar-refractivity contribution >= 4 is 23.2 Å². The molecule has 0 spiro atoms. The first-order valence-electron chi connectivity index (χ1n) is 5.94. The molecule has 2 atom stereocenters. The van der Waals surface area contributed by atoms with Crippen LogP contribution in [0.15, 0.2) is 52.1 Å². The fraction of sp³-hybridized carbons (Fsp3) is 0.286. The summed E-state index contributed by atoms with van der Waals surface area (Å²) in [5.74, 6) is 0. The van der Waals surface area contributed by atoms with Crippen LogP contribution in [0.4, 0.5) is 0 Å². The number of thioether (sulfide) groups is 1. The van der Waals surface area contributed by atoms with Crippen LogP contribution in [0, 0.1) is 5.41 Å². The number of nitrogens with zero attached hydrogens (tertiary/aromatic N) is 2. The highest BCUT2D eigenvalue weighted by Gasteiger charge is 2.29. The van der Waals surface area contributed by atoms with Gasteiger partial charge >= 0.3 is 0 Å². The van der Waals surface area contributed by atoms with Crippen molar-refractivity contribution in [2.45, 2.75) is 11.3 Å². The lowest BCUT2D eigenvalue weighted by molar-refractivity contribution is 0.522. The minimum atomic E-state index is 0.225. The number of allylic oxidation sites excluding steroid dienone is 5. The molecular weight excluding hydrogens is 242 g/mol. The van der Waals surface area contributed by atoms with E-state index in [9.17, 15) is 0 Å². The Kier molecular flexibility index (Phi) is 2.74. The van der Waals surface area contributed by atoms with E-state index >= 15 is 0 Å². The number of hydrogen-bond donors (Lipinski definition) is 1. The zero-order valence-corrected chi connectivity index (χ0v) is 11.2. The predicted molar refractivity (Wildman–Crippen MR) is 78.5 cm³/mol. The van der Waals surface area contributed by atoms with Crippen molar-refractivity contribution in [1.29, 1.82) is 5.41 Å². The summed E-state index contributed by atoms with van der Waals surface area (Å²) in [5.41, 5.74) is 2.80. The quantitative estimate of drug-likeness (QED) is 0.733. The number of hydrogen-bond acceptors (Lipinski definition) is 4. The van der Waals surface area contributed by atoms with Crippen molar-refractivity contribution < 1.29 is 0 Å². The molecule has 3 nitrogen and oxygen atoms in total. The Morgan fingerprint density at radius 1 is 1.28 bits per heavy atom. The SMILES string of the molecule is CN(C)C1=CC2SC3=CC(=N)C=CC3=NC2C=C1. The van der Waals surface area contributed by atoms with Crippen molar-refractivity contribution in [2.24, 2.45) is 4.99 Å². The summed E-state index contributed by atoms with van der Waals surface area (Å²) in [4.78, 5) is 7.98. The van der Waals surface area contributed by atoms with Crippen molar-refractivity contribution in [3.05, 3.63) is 47.1 Å². The number of aliphatic imine (C=N–C) groups is 1. The van der Waals surface area contributed by atoms with Crippen LogP contribution in [0.2, 0.25) is 0 Å². The van der Waals surface area contributed by atoms with Gasteiger partial charge in [0.1, 0.15) is 0 Å². The molecule has 4 heteroatoms. The van der Waals surface area contributed by atoms with Gasteiger partial charge in [0.15, 0.2) is 0 Å². The number of likely N-dealkylation sites (N-methyl/N-ethyl adjacent to an activating group) is 1. The van der Waals surface area contributed by atoms with Crippen molar-refractivity contribution in [1.82, 2.24) is 4.90 Å². The van der Waals surface area contributed by atoms with Crippen molar-refractivity contribution in [2.75, 3.05) is 14.1 Å². The van der Waals surface area contributed by atoms with E-state index in [4.69, 9.17) is 10.4 Å². The van der Waals surface area contributed by atoms with E-state index < -0.39 is 0 Å². The van der Waals surface area contributed by atoms with Crippen LogP contribution in [0.3, 0.4) is 0 Å². The summed E-state index contributed by atoms with van der Waals surface area (Å²) in [6.07, 6.45) is 12.2. The Morgan fingerprint density at radius 2 is 2.11 bits per heavy atom. The van der Waals surface area contributed by atoms with Gasteiger partial charge in [-0.3, -0.25) is 4.99 Å². The van der Waals surface area contributed by atoms with E-state index in [1.807, 2.05) is 23.9 Å². The van der Waals surface area contributed by atoms with Crippen LogP contribution >= 0.6 is 11.8 Å². The molecule has 18 heavy (non-hydrogen) atoms. The van der Waals surface area contributed by atoms with E-state index in [-0.39, 0.29) is 6.04 Å². The molecule has 0 amide bonds. The first kappa shape index (κ1) is 11.5. The molecule has 0 aromatic carbocycles. The minimum Gasteiger partial charge on any atom is -0.378 e. The van der Waals surface area contributed by atoms with Crippen LogP contribution in [0.25, 0.3) is 0 Å². The van der Waals surface area contributed by atoms with E-state index in [0.29, 0.717) is 11.0 Å². The van der Waals surface area contributed by atoms with E-state index in [1.165, 1.54) is 5.70 Å². The second-order valence-electron chi connectivity index (χ2n) is 4.73. The lowest BCUT2D eigenvalue weighted by Gasteiger charge is -2.31. The number of rotatable bonds is 1. The molecule has 1 N–H and O–H groups in total. The minimum absolute atomic E-state index is 0.225. The van der Waals surface area contributed by atoms with Gasteiger partial charge in [0.05, 0.1) is 22.7 Å². The van der Waals surface area contributed by atoms with Crippen LogP contribution in [0.1, 0.15) is 0 Å². The van der Waals surface area contributed by atoms with Gasteiger partial charge in [-0.05, 0) is 30.4 Å². The molecule has 2 aliphatic carbocycles. The average molecular weight is 257 g/mol. The Bertz CT molecular complexity index is 549. The van der Waals surface area contributed by atoms with Gasteiger partial charge in [0.2, 0.25) is 0 Å². The number of fused-ring (bicyclic) bond motifs is 2. The standard InChI is InChI=1S/C14H15N3S/c1-17(2)10-4-6-12-14(8-10)18-13-7-9(15)3-5-11(13)16-12/h3-8,12,14-15H,1-2H3. The molecule has 0 aromatic heterocycles. The molecule has 0 aromatic rings. The Morgan fingerprint density at radius 3 is 2.89 bits per heavy atom. The molecule has 2 unspecified atom stereocenters. The van der Waals surface area contributed by atoms with Gasteiger partial charge in [0, 0.05) is 24.7 Å². The highest BCUT2D eigenvalue weighted by molar-refractivity contribution is 8.05. The summed E-state index contributed by atoms with van der Waals surface area (Å²) < 4.78 is 0. The van der Waals surface area contributed by atoms with Gasteiger partial charge in [-0.15, -0.1) is 11.8 Å². The molecule has 0 saturated carbocycles. The molecule has 92 valence electrons. The van der Waals surface area contributed by atoms with Crippen molar-refractivity contribution in [3.63, 3.8) is 0 Å². The molecule has 3 rings (SSSR count). The fourth-order valence-electron chi connectivity index (χ4n) is 2.17. The smallest absolute Gasteiger partial charge is 0.0849 e. The molecule has 1 heterocycles. The Balaban J connectivity index is 1.94. The highest BCUT2D eigenvalue weighted by atomic mass is 32.2. The predicted octanol–water partition coefficient (Wildman–Crippen LogP) is 2.40. The lowest BCUT2D eigenvalue weighted by Crippen LogP contribution is -2.29. The summed E-state index contributed by atoms with van der Waals surface area (Å²) >= 11 is 1.81. The molecule has 0 bridgehead atoms. The zero-order valence-electron chi connectivity index (χ0n) is 10.4. The van der Waals surface area contributed by atoms with E-state index in [0.717, 1.165) is 10.6 Å². The second-order valence-corrected chi connectivity index (χ2v) is 5.95.